The Morgan fingerprint density at radius 2 is 2.05 bits per heavy atom. The summed E-state index contributed by atoms with van der Waals surface area (Å²) in [5.74, 6) is -0.223. The van der Waals surface area contributed by atoms with E-state index in [1.54, 1.807) is 18.8 Å². The number of nitrogens with zero attached hydrogens (tertiary/aromatic N) is 3. The summed E-state index contributed by atoms with van der Waals surface area (Å²) in [7, 11) is 5.25. The molecule has 0 spiro atoms. The molecule has 0 saturated heterocycles. The molecular formula is C15H15N3O3. The monoisotopic (exact) mass is 285 g/mol. The van der Waals surface area contributed by atoms with E-state index in [9.17, 15) is 9.90 Å². The van der Waals surface area contributed by atoms with Crippen LogP contribution in [-0.4, -0.2) is 32.5 Å². The van der Waals surface area contributed by atoms with Gasteiger partial charge >= 0.3 is 5.97 Å². The molecule has 0 atom stereocenters. The number of ether oxygens (including phenoxy) is 1. The minimum atomic E-state index is -0.985. The van der Waals surface area contributed by atoms with Gasteiger partial charge in [0.2, 0.25) is 0 Å². The van der Waals surface area contributed by atoms with Crippen LogP contribution >= 0.6 is 0 Å². The molecule has 108 valence electrons. The normalized spacial score (nSPS) is 11.0. The Morgan fingerprint density at radius 3 is 2.71 bits per heavy atom. The summed E-state index contributed by atoms with van der Waals surface area (Å²) in [4.78, 5) is 11.4. The van der Waals surface area contributed by atoms with Gasteiger partial charge in [0.1, 0.15) is 11.3 Å². The third-order valence-electron chi connectivity index (χ3n) is 3.66. The summed E-state index contributed by atoms with van der Waals surface area (Å²) < 4.78 is 8.76. The fourth-order valence-corrected chi connectivity index (χ4v) is 2.56. The highest BCUT2D eigenvalue weighted by Gasteiger charge is 2.20. The number of carboxylic acids is 1. The van der Waals surface area contributed by atoms with Gasteiger partial charge in [-0.3, -0.25) is 4.68 Å². The zero-order valence-electron chi connectivity index (χ0n) is 12.0. The standard InChI is InChI=1S/C15H15N3O3/c1-17-12-7-10(21-3)5-4-9(12)6-13(17)14-11(15(19)20)8-16-18(14)2/h4-8H,1-3H3,(H,19,20). The van der Waals surface area contributed by atoms with Gasteiger partial charge in [-0.1, -0.05) is 0 Å². The van der Waals surface area contributed by atoms with E-state index in [-0.39, 0.29) is 5.56 Å². The number of methoxy groups -OCH3 is 1. The van der Waals surface area contributed by atoms with Gasteiger partial charge in [-0.15, -0.1) is 0 Å². The number of benzene rings is 1. The van der Waals surface area contributed by atoms with Crippen LogP contribution in [-0.2, 0) is 14.1 Å². The SMILES string of the molecule is COc1ccc2cc(-c3c(C(=O)O)cnn3C)n(C)c2c1. The molecule has 0 aliphatic rings. The number of carbonyl (C=O) groups is 1. The lowest BCUT2D eigenvalue weighted by atomic mass is 10.2. The molecule has 21 heavy (non-hydrogen) atoms. The minimum Gasteiger partial charge on any atom is -0.497 e. The molecule has 3 aromatic rings. The van der Waals surface area contributed by atoms with Crippen LogP contribution in [0, 0.1) is 0 Å². The molecule has 0 saturated carbocycles. The summed E-state index contributed by atoms with van der Waals surface area (Å²) >= 11 is 0. The quantitative estimate of drug-likeness (QED) is 0.801. The van der Waals surface area contributed by atoms with Crippen LogP contribution in [0.2, 0.25) is 0 Å². The molecular weight excluding hydrogens is 270 g/mol. The molecule has 0 bridgehead atoms. The first-order valence-corrected chi connectivity index (χ1v) is 6.42. The van der Waals surface area contributed by atoms with Crippen LogP contribution in [0.1, 0.15) is 10.4 Å². The molecule has 2 heterocycles. The zero-order chi connectivity index (χ0) is 15.1. The van der Waals surface area contributed by atoms with Crippen molar-refractivity contribution in [3.8, 4) is 17.1 Å². The van der Waals surface area contributed by atoms with Crippen LogP contribution in [0.4, 0.5) is 0 Å². The molecule has 2 aromatic heterocycles. The van der Waals surface area contributed by atoms with Crippen molar-refractivity contribution in [2.45, 2.75) is 0 Å². The molecule has 0 unspecified atom stereocenters. The third-order valence-corrected chi connectivity index (χ3v) is 3.66. The number of fused-ring (bicyclic) bond motifs is 1. The van der Waals surface area contributed by atoms with Gasteiger partial charge in [0, 0.05) is 25.5 Å². The fraction of sp³-hybridized carbons (Fsp3) is 0.200. The Bertz CT molecular complexity index is 845. The summed E-state index contributed by atoms with van der Waals surface area (Å²) in [6.45, 7) is 0. The van der Waals surface area contributed by atoms with Crippen LogP contribution in [0.5, 0.6) is 5.75 Å². The summed E-state index contributed by atoms with van der Waals surface area (Å²) in [5.41, 5.74) is 2.55. The Kier molecular flexibility index (Phi) is 2.94. The van der Waals surface area contributed by atoms with Crippen LogP contribution in [0.3, 0.4) is 0 Å². The second-order valence-electron chi connectivity index (χ2n) is 4.85. The third kappa shape index (κ3) is 1.96. The second-order valence-corrected chi connectivity index (χ2v) is 4.85. The van der Waals surface area contributed by atoms with Crippen LogP contribution < -0.4 is 4.74 Å². The summed E-state index contributed by atoms with van der Waals surface area (Å²) in [5, 5.41) is 14.4. The topological polar surface area (TPSA) is 69.3 Å². The average molecular weight is 285 g/mol. The van der Waals surface area contributed by atoms with E-state index >= 15 is 0 Å². The smallest absolute Gasteiger partial charge is 0.339 e. The van der Waals surface area contributed by atoms with E-state index in [1.807, 2.05) is 35.9 Å². The van der Waals surface area contributed by atoms with E-state index in [0.717, 1.165) is 22.3 Å². The molecule has 0 radical (unpaired) electrons. The molecule has 6 nitrogen and oxygen atoms in total. The maximum absolute atomic E-state index is 11.4. The zero-order valence-corrected chi connectivity index (χ0v) is 12.0. The predicted octanol–water partition coefficient (Wildman–Crippen LogP) is 2.29. The highest BCUT2D eigenvalue weighted by Crippen LogP contribution is 2.31. The minimum absolute atomic E-state index is 0.190. The van der Waals surface area contributed by atoms with Gasteiger partial charge in [-0.2, -0.15) is 5.10 Å². The first-order valence-electron chi connectivity index (χ1n) is 6.42. The highest BCUT2D eigenvalue weighted by atomic mass is 16.5. The van der Waals surface area contributed by atoms with Crippen molar-refractivity contribution in [2.75, 3.05) is 7.11 Å². The Morgan fingerprint density at radius 1 is 1.29 bits per heavy atom. The van der Waals surface area contributed by atoms with Crippen molar-refractivity contribution in [3.63, 3.8) is 0 Å². The number of carboxylic acid groups (broad SMARTS) is 1. The van der Waals surface area contributed by atoms with Gasteiger partial charge in [-0.25, -0.2) is 4.79 Å². The number of aryl methyl sites for hydroxylation is 2. The average Bonchev–Trinajstić information content (AvgIpc) is 2.99. The molecule has 0 aliphatic carbocycles. The Balaban J connectivity index is 2.29. The van der Waals surface area contributed by atoms with Crippen LogP contribution in [0.25, 0.3) is 22.3 Å². The molecule has 0 fully saturated rings. The predicted molar refractivity (Wildman–Crippen MR) is 78.6 cm³/mol. The van der Waals surface area contributed by atoms with E-state index in [0.29, 0.717) is 5.69 Å². The van der Waals surface area contributed by atoms with Crippen molar-refractivity contribution < 1.29 is 14.6 Å². The first kappa shape index (κ1) is 13.2. The van der Waals surface area contributed by atoms with Gasteiger partial charge in [0.15, 0.2) is 0 Å². The second kappa shape index (κ2) is 4.66. The highest BCUT2D eigenvalue weighted by molar-refractivity contribution is 5.96. The van der Waals surface area contributed by atoms with Crippen molar-refractivity contribution in [2.24, 2.45) is 14.1 Å². The van der Waals surface area contributed by atoms with Gasteiger partial charge in [0.05, 0.1) is 30.2 Å². The maximum atomic E-state index is 11.4. The van der Waals surface area contributed by atoms with E-state index in [4.69, 9.17) is 4.74 Å². The Labute approximate surface area is 121 Å². The molecule has 1 N–H and O–H groups in total. The Hall–Kier alpha value is -2.76. The lowest BCUT2D eigenvalue weighted by molar-refractivity contribution is 0.0697. The lowest BCUT2D eigenvalue weighted by Gasteiger charge is -2.07. The largest absolute Gasteiger partial charge is 0.497 e. The van der Waals surface area contributed by atoms with Crippen LogP contribution in [0.15, 0.2) is 30.5 Å². The molecule has 3 rings (SSSR count). The maximum Gasteiger partial charge on any atom is 0.339 e. The number of hydrogen-bond acceptors (Lipinski definition) is 3. The fourth-order valence-electron chi connectivity index (χ4n) is 2.56. The molecule has 6 heteroatoms. The van der Waals surface area contributed by atoms with Crippen molar-refractivity contribution in [1.82, 2.24) is 14.3 Å². The summed E-state index contributed by atoms with van der Waals surface area (Å²) in [6.07, 6.45) is 1.37. The molecule has 1 aromatic carbocycles. The molecule has 0 aliphatic heterocycles. The van der Waals surface area contributed by atoms with Crippen molar-refractivity contribution >= 4 is 16.9 Å². The number of hydrogen-bond donors (Lipinski definition) is 1. The van der Waals surface area contributed by atoms with Crippen molar-refractivity contribution in [1.29, 1.82) is 0 Å². The van der Waals surface area contributed by atoms with Gasteiger partial charge in [-0.05, 0) is 18.2 Å². The number of aromatic carboxylic acids is 1. The van der Waals surface area contributed by atoms with E-state index in [1.165, 1.54) is 6.20 Å². The lowest BCUT2D eigenvalue weighted by Crippen LogP contribution is -2.03. The summed E-state index contributed by atoms with van der Waals surface area (Å²) in [6, 6.07) is 7.72. The number of aromatic nitrogens is 3. The van der Waals surface area contributed by atoms with Gasteiger partial charge in [0.25, 0.3) is 0 Å². The van der Waals surface area contributed by atoms with Gasteiger partial charge < -0.3 is 14.4 Å². The first-order chi connectivity index (χ1) is 10.0. The molecule has 0 amide bonds. The van der Waals surface area contributed by atoms with E-state index in [2.05, 4.69) is 5.10 Å². The number of rotatable bonds is 3. The van der Waals surface area contributed by atoms with E-state index < -0.39 is 5.97 Å². The van der Waals surface area contributed by atoms with Crippen molar-refractivity contribution in [3.05, 3.63) is 36.0 Å².